The molecule has 0 spiro atoms. The maximum absolute atomic E-state index is 12.9. The van der Waals surface area contributed by atoms with Crippen molar-refractivity contribution < 1.29 is 19.2 Å². The van der Waals surface area contributed by atoms with Gasteiger partial charge in [0.1, 0.15) is 5.76 Å². The molecule has 146 valence electrons. The number of hydrogen-bond acceptors (Lipinski definition) is 7. The number of aromatic nitrogens is 1. The van der Waals surface area contributed by atoms with Gasteiger partial charge in [-0.25, -0.2) is 4.79 Å². The SMILES string of the molecule is CCOC(=O)OC1=C(C)Nc2ccn(C)c(=O)c2C1c1cccc([N+](=O)[O-])c1. The third-order valence-corrected chi connectivity index (χ3v) is 4.42. The maximum atomic E-state index is 12.9. The molecule has 1 aromatic heterocycles. The van der Waals surface area contributed by atoms with Crippen molar-refractivity contribution in [3.63, 3.8) is 0 Å². The molecule has 1 aromatic carbocycles. The zero-order chi connectivity index (χ0) is 20.4. The van der Waals surface area contributed by atoms with Gasteiger partial charge in [0.2, 0.25) is 0 Å². The molecule has 0 saturated heterocycles. The summed E-state index contributed by atoms with van der Waals surface area (Å²) in [6.07, 6.45) is 0.702. The van der Waals surface area contributed by atoms with Gasteiger partial charge in [0.15, 0.2) is 0 Å². The maximum Gasteiger partial charge on any atom is 0.513 e. The second-order valence-corrected chi connectivity index (χ2v) is 6.24. The van der Waals surface area contributed by atoms with E-state index >= 15 is 0 Å². The van der Waals surface area contributed by atoms with E-state index in [0.29, 0.717) is 22.5 Å². The van der Waals surface area contributed by atoms with Gasteiger partial charge in [0.05, 0.1) is 28.7 Å². The van der Waals surface area contributed by atoms with E-state index in [9.17, 15) is 19.7 Å². The van der Waals surface area contributed by atoms with Crippen molar-refractivity contribution in [3.8, 4) is 0 Å². The molecule has 0 aliphatic carbocycles. The molecule has 0 radical (unpaired) electrons. The predicted molar refractivity (Wildman–Crippen MR) is 101 cm³/mol. The number of pyridine rings is 1. The summed E-state index contributed by atoms with van der Waals surface area (Å²) in [5.74, 6) is -0.643. The molecule has 9 heteroatoms. The van der Waals surface area contributed by atoms with Gasteiger partial charge in [0.25, 0.3) is 11.2 Å². The Hall–Kier alpha value is -3.62. The first-order chi connectivity index (χ1) is 13.3. The van der Waals surface area contributed by atoms with Crippen LogP contribution in [-0.2, 0) is 16.5 Å². The lowest BCUT2D eigenvalue weighted by atomic mass is 9.86. The van der Waals surface area contributed by atoms with Crippen molar-refractivity contribution in [2.45, 2.75) is 19.8 Å². The minimum Gasteiger partial charge on any atom is -0.434 e. The zero-order valence-corrected chi connectivity index (χ0v) is 15.6. The van der Waals surface area contributed by atoms with Crippen LogP contribution < -0.4 is 10.9 Å². The first-order valence-electron chi connectivity index (χ1n) is 8.59. The molecule has 3 rings (SSSR count). The number of carbonyl (C=O) groups is 1. The van der Waals surface area contributed by atoms with Crippen LogP contribution in [-0.4, -0.2) is 22.3 Å². The first kappa shape index (κ1) is 19.2. The molecule has 0 saturated carbocycles. The summed E-state index contributed by atoms with van der Waals surface area (Å²) in [6.45, 7) is 3.46. The Labute approximate surface area is 160 Å². The number of nitro benzene ring substituents is 1. The Bertz CT molecular complexity index is 1040. The summed E-state index contributed by atoms with van der Waals surface area (Å²) in [7, 11) is 1.60. The second-order valence-electron chi connectivity index (χ2n) is 6.24. The molecule has 2 heterocycles. The highest BCUT2D eigenvalue weighted by atomic mass is 16.7. The van der Waals surface area contributed by atoms with Gasteiger partial charge >= 0.3 is 6.16 Å². The van der Waals surface area contributed by atoms with Crippen LogP contribution >= 0.6 is 0 Å². The highest BCUT2D eigenvalue weighted by Gasteiger charge is 2.34. The lowest BCUT2D eigenvalue weighted by molar-refractivity contribution is -0.384. The number of allylic oxidation sites excluding steroid dienone is 2. The monoisotopic (exact) mass is 385 g/mol. The van der Waals surface area contributed by atoms with Gasteiger partial charge < -0.3 is 19.4 Å². The van der Waals surface area contributed by atoms with Crippen molar-refractivity contribution in [2.75, 3.05) is 11.9 Å². The summed E-state index contributed by atoms with van der Waals surface area (Å²) in [6, 6.07) is 7.64. The summed E-state index contributed by atoms with van der Waals surface area (Å²) in [4.78, 5) is 35.6. The van der Waals surface area contributed by atoms with Gasteiger partial charge in [-0.05, 0) is 25.5 Å². The minimum atomic E-state index is -0.912. The summed E-state index contributed by atoms with van der Waals surface area (Å²) in [5, 5.41) is 14.3. The molecule has 0 bridgehead atoms. The number of hydrogen-bond donors (Lipinski definition) is 1. The van der Waals surface area contributed by atoms with E-state index < -0.39 is 17.0 Å². The van der Waals surface area contributed by atoms with Crippen LogP contribution in [0.15, 0.2) is 52.8 Å². The quantitative estimate of drug-likeness (QED) is 0.488. The first-order valence-corrected chi connectivity index (χ1v) is 8.59. The van der Waals surface area contributed by atoms with Crippen LogP contribution in [0.4, 0.5) is 16.2 Å². The topological polar surface area (TPSA) is 113 Å². The molecular weight excluding hydrogens is 366 g/mol. The highest BCUT2D eigenvalue weighted by molar-refractivity contribution is 5.68. The number of rotatable bonds is 4. The Kier molecular flexibility index (Phi) is 5.16. The summed E-state index contributed by atoms with van der Waals surface area (Å²) in [5.41, 5.74) is 1.41. The van der Waals surface area contributed by atoms with E-state index in [4.69, 9.17) is 9.47 Å². The number of fused-ring (bicyclic) bond motifs is 1. The molecule has 1 unspecified atom stereocenters. The number of ether oxygens (including phenoxy) is 2. The standard InChI is InChI=1S/C19H19N3O6/c1-4-27-19(24)28-17-11(2)20-14-8-9-21(3)18(23)16(14)15(17)12-6-5-7-13(10-12)22(25)26/h5-10,15,20H,4H2,1-3H3. The number of non-ortho nitro benzene ring substituents is 1. The van der Waals surface area contributed by atoms with Crippen molar-refractivity contribution >= 4 is 17.5 Å². The molecule has 1 aliphatic rings. The molecule has 1 aliphatic heterocycles. The highest BCUT2D eigenvalue weighted by Crippen LogP contribution is 2.41. The number of anilines is 1. The molecule has 28 heavy (non-hydrogen) atoms. The van der Waals surface area contributed by atoms with Crippen molar-refractivity contribution in [2.24, 2.45) is 7.05 Å². The van der Waals surface area contributed by atoms with E-state index in [1.165, 1.54) is 22.8 Å². The molecule has 1 atom stereocenters. The molecule has 0 amide bonds. The van der Waals surface area contributed by atoms with Crippen molar-refractivity contribution in [3.05, 3.63) is 79.6 Å². The average molecular weight is 385 g/mol. The van der Waals surface area contributed by atoms with Gasteiger partial charge in [-0.2, -0.15) is 0 Å². The predicted octanol–water partition coefficient (Wildman–Crippen LogP) is 3.26. The molecule has 1 N–H and O–H groups in total. The number of nitrogens with zero attached hydrogens (tertiary/aromatic N) is 2. The lowest BCUT2D eigenvalue weighted by Crippen LogP contribution is -2.31. The fourth-order valence-corrected chi connectivity index (χ4v) is 3.16. The summed E-state index contributed by atoms with van der Waals surface area (Å²) < 4.78 is 11.7. The minimum absolute atomic E-state index is 0.123. The van der Waals surface area contributed by atoms with E-state index in [2.05, 4.69) is 5.32 Å². The Morgan fingerprint density at radius 1 is 1.36 bits per heavy atom. The summed E-state index contributed by atoms with van der Waals surface area (Å²) >= 11 is 0. The normalized spacial score (nSPS) is 15.5. The van der Waals surface area contributed by atoms with E-state index in [1.807, 2.05) is 0 Å². The fraction of sp³-hybridized carbons (Fsp3) is 0.263. The Balaban J connectivity index is 2.22. The van der Waals surface area contributed by atoms with Crippen molar-refractivity contribution in [1.29, 1.82) is 0 Å². The zero-order valence-electron chi connectivity index (χ0n) is 15.6. The fourth-order valence-electron chi connectivity index (χ4n) is 3.16. The molecule has 2 aromatic rings. The van der Waals surface area contributed by atoms with Gasteiger partial charge in [-0.15, -0.1) is 0 Å². The third kappa shape index (κ3) is 3.46. The van der Waals surface area contributed by atoms with Crippen LogP contribution in [0.2, 0.25) is 0 Å². The van der Waals surface area contributed by atoms with Crippen LogP contribution in [0.5, 0.6) is 0 Å². The van der Waals surface area contributed by atoms with Gasteiger partial charge in [-0.1, -0.05) is 12.1 Å². The Morgan fingerprint density at radius 3 is 2.79 bits per heavy atom. The van der Waals surface area contributed by atoms with E-state index in [-0.39, 0.29) is 23.6 Å². The lowest BCUT2D eigenvalue weighted by Gasteiger charge is -2.29. The Morgan fingerprint density at radius 2 is 2.11 bits per heavy atom. The van der Waals surface area contributed by atoms with Crippen LogP contribution in [0.3, 0.4) is 0 Å². The largest absolute Gasteiger partial charge is 0.513 e. The van der Waals surface area contributed by atoms with Crippen LogP contribution in [0.1, 0.15) is 30.9 Å². The third-order valence-electron chi connectivity index (χ3n) is 4.42. The number of nitrogens with one attached hydrogen (secondary N) is 1. The second kappa shape index (κ2) is 7.55. The number of benzene rings is 1. The number of carbonyl (C=O) groups excluding carboxylic acids is 1. The smallest absolute Gasteiger partial charge is 0.434 e. The van der Waals surface area contributed by atoms with E-state index in [0.717, 1.165) is 0 Å². The van der Waals surface area contributed by atoms with Crippen LogP contribution in [0, 0.1) is 10.1 Å². The molecule has 0 fully saturated rings. The van der Waals surface area contributed by atoms with Crippen molar-refractivity contribution in [1.82, 2.24) is 4.57 Å². The molecule has 9 nitrogen and oxygen atoms in total. The van der Waals surface area contributed by atoms with Gasteiger partial charge in [-0.3, -0.25) is 14.9 Å². The van der Waals surface area contributed by atoms with E-state index in [1.54, 1.807) is 39.2 Å². The molecular formula is C19H19N3O6. The number of nitro groups is 1. The number of aryl methyl sites for hydroxylation is 1. The van der Waals surface area contributed by atoms with Crippen LogP contribution in [0.25, 0.3) is 0 Å². The average Bonchev–Trinajstić information content (AvgIpc) is 2.66. The van der Waals surface area contributed by atoms with Gasteiger partial charge in [0, 0.05) is 31.1 Å².